The molecule has 1 aromatic heterocycles. The number of alkyl halides is 4. The fourth-order valence-electron chi connectivity index (χ4n) is 4.86. The molecule has 2 aromatic carbocycles. The number of rotatable bonds is 6. The largest absolute Gasteiger partial charge is 0.416 e. The van der Waals surface area contributed by atoms with Gasteiger partial charge >= 0.3 is 6.18 Å². The molecule has 0 unspecified atom stereocenters. The van der Waals surface area contributed by atoms with Gasteiger partial charge < -0.3 is 15.2 Å². The normalized spacial score (nSPS) is 15.5. The van der Waals surface area contributed by atoms with Gasteiger partial charge in [0.1, 0.15) is 17.2 Å². The van der Waals surface area contributed by atoms with Crippen molar-refractivity contribution in [2.75, 3.05) is 10.6 Å². The van der Waals surface area contributed by atoms with Gasteiger partial charge in [-0.2, -0.15) is 13.2 Å². The Morgan fingerprint density at radius 1 is 1.10 bits per heavy atom. The van der Waals surface area contributed by atoms with E-state index in [2.05, 4.69) is 43.0 Å². The molecule has 1 saturated carbocycles. The van der Waals surface area contributed by atoms with Crippen LogP contribution in [-0.2, 0) is 22.2 Å². The standard InChI is InChI=1S/C20H24N4O.C9H7BrF3NO.C2H6/c1-2-6-17-21-13-14-24(17)16-9-7-15(8-10-16)18-19(25)23-20(22-18)11-4-3-5-12-20;10-5-8(15)14-7-3-1-2-6(4-7)9(11,12)13;1-2/h7-10,13-14H,2-6,11-12H2,1H3,(H,23,25);1-4H,5H2,(H,14,15);1-2H3. The maximum Gasteiger partial charge on any atom is 0.416 e. The average molecular weight is 649 g/mol. The molecule has 1 spiro atoms. The number of halogens is 4. The number of aliphatic imine (C=N–C) groups is 1. The summed E-state index contributed by atoms with van der Waals surface area (Å²) in [5.41, 5.74) is 1.54. The number of benzene rings is 2. The first-order valence-corrected chi connectivity index (χ1v) is 15.3. The second-order valence-corrected chi connectivity index (χ2v) is 10.3. The van der Waals surface area contributed by atoms with E-state index in [1.165, 1.54) is 18.6 Å². The van der Waals surface area contributed by atoms with Gasteiger partial charge in [0.2, 0.25) is 5.91 Å². The molecular formula is C31H37BrF3N5O2. The summed E-state index contributed by atoms with van der Waals surface area (Å²) in [7, 11) is 0. The molecule has 0 radical (unpaired) electrons. The second kappa shape index (κ2) is 15.1. The first-order valence-electron chi connectivity index (χ1n) is 14.2. The Balaban J connectivity index is 0.000000245. The number of carbonyl (C=O) groups excluding carboxylic acids is 2. The predicted molar refractivity (Wildman–Crippen MR) is 163 cm³/mol. The van der Waals surface area contributed by atoms with Crippen LogP contribution < -0.4 is 10.6 Å². The van der Waals surface area contributed by atoms with Crippen molar-refractivity contribution in [2.24, 2.45) is 4.99 Å². The Labute approximate surface area is 253 Å². The number of hydrogen-bond acceptors (Lipinski definition) is 4. The van der Waals surface area contributed by atoms with Crippen molar-refractivity contribution in [1.82, 2.24) is 14.9 Å². The molecule has 2 heterocycles. The van der Waals surface area contributed by atoms with Gasteiger partial charge in [0, 0.05) is 35.8 Å². The average Bonchev–Trinajstić information content (AvgIpc) is 3.58. The van der Waals surface area contributed by atoms with Crippen molar-refractivity contribution >= 4 is 39.1 Å². The monoisotopic (exact) mass is 647 g/mol. The predicted octanol–water partition coefficient (Wildman–Crippen LogP) is 7.47. The molecule has 3 aromatic rings. The molecule has 0 saturated heterocycles. The summed E-state index contributed by atoms with van der Waals surface area (Å²) in [6.07, 6.45) is 6.86. The Bertz CT molecular complexity index is 1360. The first kappa shape index (κ1) is 33.0. The molecule has 11 heteroatoms. The molecule has 1 fully saturated rings. The molecule has 0 bridgehead atoms. The Kier molecular flexibility index (Phi) is 11.9. The second-order valence-electron chi connectivity index (χ2n) is 9.78. The maximum absolute atomic E-state index is 12.4. The van der Waals surface area contributed by atoms with Crippen molar-refractivity contribution in [3.63, 3.8) is 0 Å². The molecule has 2 N–H and O–H groups in total. The van der Waals surface area contributed by atoms with Gasteiger partial charge in [0.25, 0.3) is 5.91 Å². The van der Waals surface area contributed by atoms with Gasteiger partial charge in [-0.1, -0.05) is 61.3 Å². The van der Waals surface area contributed by atoms with Crippen LogP contribution in [0.3, 0.4) is 0 Å². The van der Waals surface area contributed by atoms with Crippen molar-refractivity contribution < 1.29 is 22.8 Å². The maximum atomic E-state index is 12.4. The lowest BCUT2D eigenvalue weighted by Crippen LogP contribution is -2.43. The molecule has 42 heavy (non-hydrogen) atoms. The van der Waals surface area contributed by atoms with E-state index < -0.39 is 17.6 Å². The zero-order valence-electron chi connectivity index (χ0n) is 24.1. The summed E-state index contributed by atoms with van der Waals surface area (Å²) in [5.74, 6) is 0.630. The fraction of sp³-hybridized carbons (Fsp3) is 0.419. The van der Waals surface area contributed by atoms with Crippen molar-refractivity contribution in [3.8, 4) is 5.69 Å². The molecule has 1 aliphatic carbocycles. The Morgan fingerprint density at radius 3 is 2.40 bits per heavy atom. The first-order chi connectivity index (χ1) is 20.1. The summed E-state index contributed by atoms with van der Waals surface area (Å²) >= 11 is 2.90. The molecule has 226 valence electrons. The van der Waals surface area contributed by atoms with Crippen molar-refractivity contribution in [2.45, 2.75) is 77.6 Å². The van der Waals surface area contributed by atoms with Crippen LogP contribution in [0, 0.1) is 0 Å². The Morgan fingerprint density at radius 2 is 1.79 bits per heavy atom. The third-order valence-corrected chi connectivity index (χ3v) is 7.28. The number of aryl methyl sites for hydroxylation is 1. The van der Waals surface area contributed by atoms with E-state index >= 15 is 0 Å². The van der Waals surface area contributed by atoms with Crippen LogP contribution in [0.15, 0.2) is 65.9 Å². The van der Waals surface area contributed by atoms with E-state index in [4.69, 9.17) is 4.99 Å². The number of carbonyl (C=O) groups is 2. The number of nitrogens with zero attached hydrogens (tertiary/aromatic N) is 3. The van der Waals surface area contributed by atoms with Crippen LogP contribution in [0.4, 0.5) is 18.9 Å². The van der Waals surface area contributed by atoms with E-state index in [1.54, 1.807) is 0 Å². The summed E-state index contributed by atoms with van der Waals surface area (Å²) < 4.78 is 38.9. The molecular weight excluding hydrogens is 611 g/mol. The summed E-state index contributed by atoms with van der Waals surface area (Å²) in [4.78, 5) is 32.6. The fourth-order valence-corrected chi connectivity index (χ4v) is 5.00. The highest BCUT2D eigenvalue weighted by atomic mass is 79.9. The lowest BCUT2D eigenvalue weighted by molar-refractivity contribution is -0.137. The molecule has 2 aliphatic rings. The molecule has 2 amide bonds. The lowest BCUT2D eigenvalue weighted by atomic mass is 9.90. The van der Waals surface area contributed by atoms with Crippen LogP contribution in [0.1, 0.15) is 76.2 Å². The lowest BCUT2D eigenvalue weighted by Gasteiger charge is -2.30. The van der Waals surface area contributed by atoms with Crippen LogP contribution in [-0.4, -0.2) is 38.1 Å². The van der Waals surface area contributed by atoms with E-state index in [0.29, 0.717) is 5.71 Å². The Hall–Kier alpha value is -3.47. The highest BCUT2D eigenvalue weighted by molar-refractivity contribution is 9.09. The van der Waals surface area contributed by atoms with Gasteiger partial charge in [0.15, 0.2) is 0 Å². The summed E-state index contributed by atoms with van der Waals surface area (Å²) in [6.45, 7) is 6.15. The minimum absolute atomic E-state index is 0.0380. The van der Waals surface area contributed by atoms with Crippen LogP contribution in [0.2, 0.25) is 0 Å². The summed E-state index contributed by atoms with van der Waals surface area (Å²) in [5, 5.41) is 5.49. The molecule has 7 nitrogen and oxygen atoms in total. The van der Waals surface area contributed by atoms with E-state index in [-0.39, 0.29) is 22.6 Å². The van der Waals surface area contributed by atoms with E-state index in [1.807, 2.05) is 50.5 Å². The van der Waals surface area contributed by atoms with Gasteiger partial charge in [-0.15, -0.1) is 0 Å². The van der Waals surface area contributed by atoms with Gasteiger partial charge in [0.05, 0.1) is 10.9 Å². The third-order valence-electron chi connectivity index (χ3n) is 6.77. The minimum Gasteiger partial charge on any atom is -0.326 e. The van der Waals surface area contributed by atoms with Gasteiger partial charge in [-0.3, -0.25) is 14.6 Å². The topological polar surface area (TPSA) is 88.4 Å². The third kappa shape index (κ3) is 8.53. The number of hydrogen-bond donors (Lipinski definition) is 2. The number of imidazole rings is 1. The molecule has 0 atom stereocenters. The molecule has 5 rings (SSSR count). The van der Waals surface area contributed by atoms with Crippen LogP contribution >= 0.6 is 15.9 Å². The molecule has 1 aliphatic heterocycles. The van der Waals surface area contributed by atoms with Gasteiger partial charge in [-0.05, 0) is 62.4 Å². The van der Waals surface area contributed by atoms with Crippen LogP contribution in [0.25, 0.3) is 5.69 Å². The summed E-state index contributed by atoms with van der Waals surface area (Å²) in [6, 6.07) is 12.5. The van der Waals surface area contributed by atoms with E-state index in [9.17, 15) is 22.8 Å². The number of aromatic nitrogens is 2. The zero-order chi connectivity index (χ0) is 30.8. The number of nitrogens with one attached hydrogen (secondary N) is 2. The van der Waals surface area contributed by atoms with Crippen LogP contribution in [0.5, 0.6) is 0 Å². The zero-order valence-corrected chi connectivity index (χ0v) is 25.7. The minimum atomic E-state index is -4.39. The quantitative estimate of drug-likeness (QED) is 0.272. The van der Waals surface area contributed by atoms with E-state index in [0.717, 1.165) is 67.7 Å². The smallest absolute Gasteiger partial charge is 0.326 e. The van der Waals surface area contributed by atoms with Crippen molar-refractivity contribution in [1.29, 1.82) is 0 Å². The highest BCUT2D eigenvalue weighted by Gasteiger charge is 2.40. The SMILES string of the molecule is CC.CCCc1nccn1-c1ccc(C2=NC3(CCCCC3)NC2=O)cc1.O=C(CBr)Nc1cccc(C(F)(F)F)c1. The number of anilines is 1. The van der Waals surface area contributed by atoms with Crippen molar-refractivity contribution in [3.05, 3.63) is 77.9 Å². The number of amides is 2. The highest BCUT2D eigenvalue weighted by Crippen LogP contribution is 2.33. The van der Waals surface area contributed by atoms with Gasteiger partial charge in [-0.25, -0.2) is 4.98 Å².